The summed E-state index contributed by atoms with van der Waals surface area (Å²) in [6.45, 7) is 14.4. The van der Waals surface area contributed by atoms with E-state index in [0.717, 1.165) is 12.1 Å². The Balaban J connectivity index is 2.15. The summed E-state index contributed by atoms with van der Waals surface area (Å²) in [5.41, 5.74) is -0.0451. The number of benzene rings is 1. The number of alkyl halides is 3. The van der Waals surface area contributed by atoms with Crippen molar-refractivity contribution in [2.45, 2.75) is 103 Å². The number of Topliss-reactive ketones (excluding diaryl/α,β-unsaturated/α-hetero) is 1. The molecule has 1 aromatic rings. The van der Waals surface area contributed by atoms with Gasteiger partial charge in [0, 0.05) is 24.7 Å². The van der Waals surface area contributed by atoms with Crippen LogP contribution in [0.2, 0.25) is 18.1 Å². The molecule has 1 aliphatic carbocycles. The monoisotopic (exact) mass is 552 g/mol. The number of hydrogen-bond donors (Lipinski definition) is 0. The molecule has 1 aliphatic rings. The van der Waals surface area contributed by atoms with Crippen LogP contribution < -0.4 is 0 Å². The molecule has 0 N–H and O–H groups in total. The lowest BCUT2D eigenvalue weighted by atomic mass is 9.90. The molecule has 38 heavy (non-hydrogen) atoms. The molecular formula is C30H43F3O4Si. The highest BCUT2D eigenvalue weighted by atomic mass is 28.4. The molecule has 0 radical (unpaired) electrons. The van der Waals surface area contributed by atoms with E-state index >= 15 is 0 Å². The van der Waals surface area contributed by atoms with Gasteiger partial charge in [0.2, 0.25) is 0 Å². The van der Waals surface area contributed by atoms with Crippen LogP contribution in [0.15, 0.2) is 42.5 Å². The smallest absolute Gasteiger partial charge is 0.416 e. The summed E-state index contributed by atoms with van der Waals surface area (Å²) >= 11 is 0. The minimum atomic E-state index is -4.38. The van der Waals surface area contributed by atoms with Crippen molar-refractivity contribution in [1.82, 2.24) is 0 Å². The van der Waals surface area contributed by atoms with Gasteiger partial charge in [0.1, 0.15) is 5.78 Å². The first kappa shape index (κ1) is 32.0. The summed E-state index contributed by atoms with van der Waals surface area (Å²) in [6.07, 6.45) is 5.56. The quantitative estimate of drug-likeness (QED) is 0.120. The fourth-order valence-electron chi connectivity index (χ4n) is 4.23. The predicted molar refractivity (Wildman–Crippen MR) is 148 cm³/mol. The first-order valence-corrected chi connectivity index (χ1v) is 16.3. The SMILES string of the molecule is CC(C)OC(=O)CCC/C=C\C[C@H]1C(=O)C[C@@H](O[Si](C)(C)C(C)(C)C)[C@@H]1/C=C/c1ccc(C(F)(F)F)cc1. The molecule has 0 unspecified atom stereocenters. The van der Waals surface area contributed by atoms with E-state index in [4.69, 9.17) is 9.16 Å². The third-order valence-electron chi connectivity index (χ3n) is 7.39. The second-order valence-corrected chi connectivity index (χ2v) is 16.6. The summed E-state index contributed by atoms with van der Waals surface area (Å²) in [5.74, 6) is -0.512. The van der Waals surface area contributed by atoms with E-state index in [9.17, 15) is 22.8 Å². The molecule has 0 amide bonds. The Labute approximate surface area is 226 Å². The molecule has 0 heterocycles. The van der Waals surface area contributed by atoms with E-state index in [0.29, 0.717) is 37.7 Å². The van der Waals surface area contributed by atoms with Gasteiger partial charge in [-0.15, -0.1) is 0 Å². The minimum absolute atomic E-state index is 0.0214. The van der Waals surface area contributed by atoms with E-state index in [1.807, 2.05) is 32.1 Å². The van der Waals surface area contributed by atoms with Crippen LogP contribution in [-0.4, -0.2) is 32.3 Å². The highest BCUT2D eigenvalue weighted by Gasteiger charge is 2.46. The van der Waals surface area contributed by atoms with Crippen molar-refractivity contribution >= 4 is 26.1 Å². The van der Waals surface area contributed by atoms with Crippen molar-refractivity contribution in [2.75, 3.05) is 0 Å². The second-order valence-electron chi connectivity index (χ2n) is 11.9. The van der Waals surface area contributed by atoms with E-state index in [2.05, 4.69) is 33.9 Å². The first-order chi connectivity index (χ1) is 17.5. The van der Waals surface area contributed by atoms with E-state index in [-0.39, 0.29) is 40.8 Å². The highest BCUT2D eigenvalue weighted by molar-refractivity contribution is 6.74. The number of carbonyl (C=O) groups is 2. The van der Waals surface area contributed by atoms with Crippen LogP contribution in [0, 0.1) is 11.8 Å². The van der Waals surface area contributed by atoms with Crippen LogP contribution in [0.25, 0.3) is 6.08 Å². The first-order valence-electron chi connectivity index (χ1n) is 13.4. The Morgan fingerprint density at radius 2 is 1.74 bits per heavy atom. The molecule has 4 nitrogen and oxygen atoms in total. The normalized spacial score (nSPS) is 21.2. The summed E-state index contributed by atoms with van der Waals surface area (Å²) in [4.78, 5) is 24.8. The maximum absolute atomic E-state index is 13.1. The average molecular weight is 553 g/mol. The summed E-state index contributed by atoms with van der Waals surface area (Å²) in [6, 6.07) is 5.03. The lowest BCUT2D eigenvalue weighted by molar-refractivity contribution is -0.147. The molecule has 2 rings (SSSR count). The average Bonchev–Trinajstić information content (AvgIpc) is 3.06. The standard InChI is InChI=1S/C30H43F3O4Si/c1-21(2)36-28(35)13-11-9-8-10-12-24-25(19-16-22-14-17-23(18-15-22)30(31,32)33)27(20-26(24)34)37-38(6,7)29(3,4)5/h8,10,14-19,21,24-25,27H,9,11-13,20H2,1-7H3/b10-8-,19-16+/t24-,25-,27-/m1/s1. The van der Waals surface area contributed by atoms with E-state index in [1.54, 1.807) is 6.08 Å². The zero-order valence-electron chi connectivity index (χ0n) is 23.7. The number of ketones is 1. The van der Waals surface area contributed by atoms with Crippen molar-refractivity contribution in [1.29, 1.82) is 0 Å². The van der Waals surface area contributed by atoms with Crippen molar-refractivity contribution in [2.24, 2.45) is 11.8 Å². The van der Waals surface area contributed by atoms with Gasteiger partial charge < -0.3 is 9.16 Å². The third-order valence-corrected chi connectivity index (χ3v) is 11.9. The van der Waals surface area contributed by atoms with Gasteiger partial charge in [-0.3, -0.25) is 9.59 Å². The maximum atomic E-state index is 13.1. The van der Waals surface area contributed by atoms with Crippen LogP contribution in [-0.2, 0) is 24.9 Å². The maximum Gasteiger partial charge on any atom is 0.416 e. The molecule has 1 aromatic carbocycles. The number of carbonyl (C=O) groups excluding carboxylic acids is 2. The summed E-state index contributed by atoms with van der Waals surface area (Å²) < 4.78 is 50.6. The van der Waals surface area contributed by atoms with Gasteiger partial charge in [-0.2, -0.15) is 13.2 Å². The molecule has 8 heteroatoms. The van der Waals surface area contributed by atoms with Crippen LogP contribution in [0.5, 0.6) is 0 Å². The third kappa shape index (κ3) is 9.52. The number of unbranched alkanes of at least 4 members (excludes halogenated alkanes) is 1. The zero-order chi connectivity index (χ0) is 28.7. The second kappa shape index (κ2) is 13.2. The van der Waals surface area contributed by atoms with Gasteiger partial charge in [0.25, 0.3) is 0 Å². The van der Waals surface area contributed by atoms with Crippen LogP contribution >= 0.6 is 0 Å². The Morgan fingerprint density at radius 1 is 1.11 bits per heavy atom. The fourth-order valence-corrected chi connectivity index (χ4v) is 5.58. The van der Waals surface area contributed by atoms with Gasteiger partial charge in [-0.25, -0.2) is 0 Å². The van der Waals surface area contributed by atoms with E-state index < -0.39 is 20.1 Å². The predicted octanol–water partition coefficient (Wildman–Crippen LogP) is 8.38. The van der Waals surface area contributed by atoms with Crippen molar-refractivity contribution in [3.8, 4) is 0 Å². The van der Waals surface area contributed by atoms with Gasteiger partial charge in [0.05, 0.1) is 17.8 Å². The summed E-state index contributed by atoms with van der Waals surface area (Å²) in [5, 5.41) is -0.0214. The largest absolute Gasteiger partial charge is 0.463 e. The number of halogens is 3. The highest BCUT2D eigenvalue weighted by Crippen LogP contribution is 2.43. The van der Waals surface area contributed by atoms with Crippen LogP contribution in [0.4, 0.5) is 13.2 Å². The lowest BCUT2D eigenvalue weighted by Gasteiger charge is -2.39. The van der Waals surface area contributed by atoms with Gasteiger partial charge in [-0.1, -0.05) is 57.2 Å². The molecular weight excluding hydrogens is 509 g/mol. The molecule has 3 atom stereocenters. The molecule has 0 saturated heterocycles. The number of hydrogen-bond acceptors (Lipinski definition) is 4. The summed E-state index contributed by atoms with van der Waals surface area (Å²) in [7, 11) is -2.15. The van der Waals surface area contributed by atoms with Crippen LogP contribution in [0.1, 0.15) is 77.8 Å². The molecule has 1 saturated carbocycles. The van der Waals surface area contributed by atoms with Crippen molar-refractivity contribution < 1.29 is 31.9 Å². The van der Waals surface area contributed by atoms with Crippen molar-refractivity contribution in [3.05, 3.63) is 53.6 Å². The number of esters is 1. The number of allylic oxidation sites excluding steroid dienone is 2. The van der Waals surface area contributed by atoms with Gasteiger partial charge in [0.15, 0.2) is 8.32 Å². The molecule has 0 bridgehead atoms. The van der Waals surface area contributed by atoms with Crippen molar-refractivity contribution in [3.63, 3.8) is 0 Å². The topological polar surface area (TPSA) is 52.6 Å². The lowest BCUT2D eigenvalue weighted by Crippen LogP contribution is -2.45. The molecule has 212 valence electrons. The molecule has 0 spiro atoms. The number of rotatable bonds is 11. The van der Waals surface area contributed by atoms with Crippen LogP contribution in [0.3, 0.4) is 0 Å². The van der Waals surface area contributed by atoms with Gasteiger partial charge >= 0.3 is 12.1 Å². The molecule has 1 fully saturated rings. The number of ether oxygens (including phenoxy) is 1. The van der Waals surface area contributed by atoms with Gasteiger partial charge in [-0.05, 0) is 68.9 Å². The van der Waals surface area contributed by atoms with E-state index in [1.165, 1.54) is 12.1 Å². The molecule has 0 aliphatic heterocycles. The minimum Gasteiger partial charge on any atom is -0.463 e. The fraction of sp³-hybridized carbons (Fsp3) is 0.600. The Morgan fingerprint density at radius 3 is 2.29 bits per heavy atom. The Kier molecular flexibility index (Phi) is 11.2. The Bertz CT molecular complexity index is 988. The Hall–Kier alpha value is -2.19. The molecule has 0 aromatic heterocycles. The zero-order valence-corrected chi connectivity index (χ0v) is 24.7.